The van der Waals surface area contributed by atoms with Crippen molar-refractivity contribution in [3.05, 3.63) is 47.7 Å². The molecule has 0 saturated carbocycles. The molecule has 3 heteroatoms. The van der Waals surface area contributed by atoms with Gasteiger partial charge in [-0.15, -0.1) is 0 Å². The minimum absolute atomic E-state index is 0.157. The van der Waals surface area contributed by atoms with Crippen molar-refractivity contribution in [2.24, 2.45) is 5.92 Å². The lowest BCUT2D eigenvalue weighted by Crippen LogP contribution is -2.22. The van der Waals surface area contributed by atoms with Crippen LogP contribution in [0.2, 0.25) is 0 Å². The van der Waals surface area contributed by atoms with Crippen molar-refractivity contribution in [3.63, 3.8) is 0 Å². The molecule has 3 nitrogen and oxygen atoms in total. The van der Waals surface area contributed by atoms with Crippen LogP contribution in [0.1, 0.15) is 32.4 Å². The molecule has 0 fully saturated rings. The van der Waals surface area contributed by atoms with Crippen molar-refractivity contribution < 1.29 is 9.53 Å². The maximum atomic E-state index is 11.3. The van der Waals surface area contributed by atoms with Crippen LogP contribution in [0.4, 0.5) is 0 Å². The van der Waals surface area contributed by atoms with Gasteiger partial charge in [0, 0.05) is 17.8 Å². The van der Waals surface area contributed by atoms with Crippen LogP contribution in [0.25, 0.3) is 0 Å². The summed E-state index contributed by atoms with van der Waals surface area (Å²) in [5, 5.41) is 3.36. The number of ether oxygens (including phenoxy) is 1. The Morgan fingerprint density at radius 3 is 2.33 bits per heavy atom. The smallest absolute Gasteiger partial charge is 0.332 e. The summed E-state index contributed by atoms with van der Waals surface area (Å²) in [6, 6.07) is 10.3. The number of allylic oxidation sites excluding steroid dienone is 1. The number of carbonyl (C=O) groups is 1. The number of esters is 1. The van der Waals surface area contributed by atoms with Crippen LogP contribution in [0.5, 0.6) is 0 Å². The molecule has 0 heterocycles. The molecule has 1 aromatic rings. The molecule has 0 spiro atoms. The van der Waals surface area contributed by atoms with E-state index in [0.29, 0.717) is 0 Å². The van der Waals surface area contributed by atoms with Crippen molar-refractivity contribution in [2.75, 3.05) is 7.11 Å². The van der Waals surface area contributed by atoms with Gasteiger partial charge in [0.25, 0.3) is 0 Å². The first-order chi connectivity index (χ1) is 8.54. The standard InChI is InChI=1S/C15H21NO2/c1-11(2)14(10-15(17)18-4)16-12(3)13-8-6-5-7-9-13/h5-12,16H,1-4H3/b14-10+/t12-/m1/s1. The average Bonchev–Trinajstić information content (AvgIpc) is 2.38. The highest BCUT2D eigenvalue weighted by Gasteiger charge is 2.11. The molecule has 0 amide bonds. The van der Waals surface area contributed by atoms with Crippen LogP contribution in [0, 0.1) is 5.92 Å². The molecular weight excluding hydrogens is 226 g/mol. The lowest BCUT2D eigenvalue weighted by Gasteiger charge is -2.20. The molecule has 0 aliphatic carbocycles. The summed E-state index contributed by atoms with van der Waals surface area (Å²) in [6.45, 7) is 6.15. The van der Waals surface area contributed by atoms with E-state index in [2.05, 4.69) is 29.1 Å². The van der Waals surface area contributed by atoms with Crippen LogP contribution in [0.15, 0.2) is 42.1 Å². The zero-order valence-electron chi connectivity index (χ0n) is 11.4. The zero-order valence-corrected chi connectivity index (χ0v) is 11.4. The van der Waals surface area contributed by atoms with Gasteiger partial charge in [-0.3, -0.25) is 0 Å². The molecule has 98 valence electrons. The summed E-state index contributed by atoms with van der Waals surface area (Å²) in [6.07, 6.45) is 1.52. The summed E-state index contributed by atoms with van der Waals surface area (Å²) in [5.74, 6) is -0.0817. The van der Waals surface area contributed by atoms with E-state index in [9.17, 15) is 4.79 Å². The van der Waals surface area contributed by atoms with Crippen molar-refractivity contribution in [3.8, 4) is 0 Å². The van der Waals surface area contributed by atoms with E-state index in [0.717, 1.165) is 5.70 Å². The Hall–Kier alpha value is -1.77. The monoisotopic (exact) mass is 247 g/mol. The first kappa shape index (κ1) is 14.3. The van der Waals surface area contributed by atoms with E-state index in [4.69, 9.17) is 0 Å². The van der Waals surface area contributed by atoms with E-state index in [1.165, 1.54) is 18.7 Å². The summed E-state index contributed by atoms with van der Waals surface area (Å²) in [4.78, 5) is 11.3. The van der Waals surface area contributed by atoms with Gasteiger partial charge >= 0.3 is 5.97 Å². The van der Waals surface area contributed by atoms with Gasteiger partial charge in [0.1, 0.15) is 0 Å². The second-order valence-corrected chi connectivity index (χ2v) is 4.55. The van der Waals surface area contributed by atoms with E-state index < -0.39 is 0 Å². The van der Waals surface area contributed by atoms with Crippen molar-refractivity contribution in [2.45, 2.75) is 26.8 Å². The quantitative estimate of drug-likeness (QED) is 0.642. The molecule has 0 saturated heterocycles. The van der Waals surface area contributed by atoms with E-state index in [1.807, 2.05) is 32.0 Å². The van der Waals surface area contributed by atoms with Crippen LogP contribution in [0.3, 0.4) is 0 Å². The predicted molar refractivity (Wildman–Crippen MR) is 72.9 cm³/mol. The number of rotatable bonds is 5. The van der Waals surface area contributed by atoms with Crippen LogP contribution < -0.4 is 5.32 Å². The number of methoxy groups -OCH3 is 1. The zero-order chi connectivity index (χ0) is 13.5. The molecule has 18 heavy (non-hydrogen) atoms. The first-order valence-electron chi connectivity index (χ1n) is 6.15. The Morgan fingerprint density at radius 2 is 1.83 bits per heavy atom. The number of nitrogens with one attached hydrogen (secondary N) is 1. The highest BCUT2D eigenvalue weighted by atomic mass is 16.5. The molecule has 0 aliphatic rings. The van der Waals surface area contributed by atoms with Gasteiger partial charge in [0.15, 0.2) is 0 Å². The third-order valence-electron chi connectivity index (χ3n) is 2.78. The molecule has 0 aliphatic heterocycles. The lowest BCUT2D eigenvalue weighted by molar-refractivity contribution is -0.134. The fraction of sp³-hybridized carbons (Fsp3) is 0.400. The maximum absolute atomic E-state index is 11.3. The van der Waals surface area contributed by atoms with Gasteiger partial charge < -0.3 is 10.1 Å². The van der Waals surface area contributed by atoms with Crippen LogP contribution in [-0.2, 0) is 9.53 Å². The molecule has 0 bridgehead atoms. The molecule has 0 aromatic heterocycles. The fourth-order valence-corrected chi connectivity index (χ4v) is 1.64. The predicted octanol–water partition coefficient (Wildman–Crippen LogP) is 3.05. The largest absolute Gasteiger partial charge is 0.466 e. The SMILES string of the molecule is COC(=O)/C=C(/N[C@H](C)c1ccccc1)C(C)C. The third kappa shape index (κ3) is 4.24. The Morgan fingerprint density at radius 1 is 1.22 bits per heavy atom. The number of hydrogen-bond acceptors (Lipinski definition) is 3. The van der Waals surface area contributed by atoms with Gasteiger partial charge in [-0.05, 0) is 18.4 Å². The molecule has 1 atom stereocenters. The topological polar surface area (TPSA) is 38.3 Å². The summed E-state index contributed by atoms with van der Waals surface area (Å²) < 4.78 is 4.66. The maximum Gasteiger partial charge on any atom is 0.332 e. The van der Waals surface area contributed by atoms with Crippen LogP contribution >= 0.6 is 0 Å². The molecule has 1 N–H and O–H groups in total. The number of carbonyl (C=O) groups excluding carboxylic acids is 1. The third-order valence-corrected chi connectivity index (χ3v) is 2.78. The van der Waals surface area contributed by atoms with Crippen molar-refractivity contribution in [1.29, 1.82) is 0 Å². The minimum atomic E-state index is -0.327. The molecule has 0 radical (unpaired) electrons. The van der Waals surface area contributed by atoms with E-state index in [1.54, 1.807) is 0 Å². The Kier molecular flexibility index (Phi) is 5.43. The van der Waals surface area contributed by atoms with E-state index >= 15 is 0 Å². The Bertz CT molecular complexity index is 410. The number of benzene rings is 1. The molecular formula is C15H21NO2. The van der Waals surface area contributed by atoms with Gasteiger partial charge in [0.2, 0.25) is 0 Å². The summed E-state index contributed by atoms with van der Waals surface area (Å²) in [7, 11) is 1.39. The molecule has 1 aromatic carbocycles. The normalized spacial score (nSPS) is 13.3. The minimum Gasteiger partial charge on any atom is -0.466 e. The summed E-state index contributed by atoms with van der Waals surface area (Å²) >= 11 is 0. The van der Waals surface area contributed by atoms with Gasteiger partial charge in [0.05, 0.1) is 7.11 Å². The van der Waals surface area contributed by atoms with Gasteiger partial charge in [-0.2, -0.15) is 0 Å². The second-order valence-electron chi connectivity index (χ2n) is 4.55. The second kappa shape index (κ2) is 6.84. The van der Waals surface area contributed by atoms with Gasteiger partial charge in [-0.1, -0.05) is 44.2 Å². The first-order valence-corrected chi connectivity index (χ1v) is 6.15. The Balaban J connectivity index is 2.79. The highest BCUT2D eigenvalue weighted by Crippen LogP contribution is 2.16. The highest BCUT2D eigenvalue weighted by molar-refractivity contribution is 5.82. The average molecular weight is 247 g/mol. The lowest BCUT2D eigenvalue weighted by atomic mass is 10.1. The van der Waals surface area contributed by atoms with Crippen LogP contribution in [-0.4, -0.2) is 13.1 Å². The summed E-state index contributed by atoms with van der Waals surface area (Å²) in [5.41, 5.74) is 2.08. The number of hydrogen-bond donors (Lipinski definition) is 1. The van der Waals surface area contributed by atoms with E-state index in [-0.39, 0.29) is 17.9 Å². The van der Waals surface area contributed by atoms with Crippen molar-refractivity contribution in [1.82, 2.24) is 5.32 Å². The van der Waals surface area contributed by atoms with Crippen molar-refractivity contribution >= 4 is 5.97 Å². The fourth-order valence-electron chi connectivity index (χ4n) is 1.64. The Labute approximate surface area is 109 Å². The van der Waals surface area contributed by atoms with Gasteiger partial charge in [-0.25, -0.2) is 4.79 Å². The molecule has 1 rings (SSSR count). The molecule has 0 unspecified atom stereocenters.